The van der Waals surface area contributed by atoms with Gasteiger partial charge in [-0.1, -0.05) is 6.07 Å². The highest BCUT2D eigenvalue weighted by molar-refractivity contribution is 5.79. The van der Waals surface area contributed by atoms with Crippen LogP contribution in [-0.4, -0.2) is 79.7 Å². The summed E-state index contributed by atoms with van der Waals surface area (Å²) in [6.07, 6.45) is 3.22. The Balaban J connectivity index is 1.21. The van der Waals surface area contributed by atoms with E-state index in [1.165, 1.54) is 17.1 Å². The van der Waals surface area contributed by atoms with Crippen molar-refractivity contribution in [2.75, 3.05) is 32.8 Å². The molecule has 1 aromatic carbocycles. The number of hydrogen-bond donors (Lipinski definition) is 0. The number of benzene rings is 1. The molecule has 0 spiro atoms. The summed E-state index contributed by atoms with van der Waals surface area (Å²) in [7, 11) is 0. The Hall–Kier alpha value is -3.75. The van der Waals surface area contributed by atoms with E-state index >= 15 is 0 Å². The lowest BCUT2D eigenvalue weighted by Crippen LogP contribution is -2.59. The van der Waals surface area contributed by atoms with Gasteiger partial charge in [0.2, 0.25) is 5.91 Å². The third-order valence-corrected chi connectivity index (χ3v) is 6.89. The van der Waals surface area contributed by atoms with Gasteiger partial charge in [0.05, 0.1) is 30.7 Å². The zero-order chi connectivity index (χ0) is 24.5. The van der Waals surface area contributed by atoms with Gasteiger partial charge in [0.1, 0.15) is 18.2 Å². The van der Waals surface area contributed by atoms with Gasteiger partial charge in [-0.05, 0) is 58.7 Å². The second kappa shape index (κ2) is 9.48. The number of hydrogen-bond acceptors (Lipinski definition) is 8. The van der Waals surface area contributed by atoms with Crippen molar-refractivity contribution in [3.05, 3.63) is 64.4 Å². The molecule has 0 bridgehead atoms. The van der Waals surface area contributed by atoms with Crippen LogP contribution in [0.1, 0.15) is 33.9 Å². The van der Waals surface area contributed by atoms with Gasteiger partial charge in [0.25, 0.3) is 0 Å². The van der Waals surface area contributed by atoms with E-state index in [-0.39, 0.29) is 30.0 Å². The Morgan fingerprint density at radius 1 is 1.29 bits per heavy atom. The van der Waals surface area contributed by atoms with Gasteiger partial charge in [0.15, 0.2) is 5.82 Å². The number of nitriles is 1. The van der Waals surface area contributed by atoms with Gasteiger partial charge in [-0.25, -0.2) is 9.37 Å². The Bertz CT molecular complexity index is 1290. The molecule has 2 aliphatic heterocycles. The summed E-state index contributed by atoms with van der Waals surface area (Å²) in [5, 5.41) is 20.4. The lowest BCUT2D eigenvalue weighted by atomic mass is 9.96. The maximum absolute atomic E-state index is 13.9. The van der Waals surface area contributed by atoms with Crippen LogP contribution in [0.2, 0.25) is 0 Å². The average Bonchev–Trinajstić information content (AvgIpc) is 3.40. The monoisotopic (exact) mass is 476 g/mol. The van der Waals surface area contributed by atoms with E-state index in [2.05, 4.69) is 25.4 Å². The highest BCUT2D eigenvalue weighted by Crippen LogP contribution is 2.31. The number of amides is 1. The average molecular weight is 477 g/mol. The molecule has 35 heavy (non-hydrogen) atoms. The second-order valence-corrected chi connectivity index (χ2v) is 8.96. The molecule has 0 radical (unpaired) electrons. The van der Waals surface area contributed by atoms with E-state index < -0.39 is 5.82 Å². The third kappa shape index (κ3) is 4.50. The van der Waals surface area contributed by atoms with Crippen molar-refractivity contribution in [3.8, 4) is 11.9 Å². The van der Waals surface area contributed by atoms with Gasteiger partial charge < -0.3 is 9.64 Å². The minimum atomic E-state index is -0.509. The molecule has 180 valence electrons. The first kappa shape index (κ1) is 23.0. The summed E-state index contributed by atoms with van der Waals surface area (Å²) in [4.78, 5) is 21.7. The summed E-state index contributed by atoms with van der Waals surface area (Å²) >= 11 is 0. The Morgan fingerprint density at radius 3 is 2.89 bits per heavy atom. The number of rotatable bonds is 4. The van der Waals surface area contributed by atoms with E-state index in [0.29, 0.717) is 37.6 Å². The SMILES string of the molecule is Cc1cc(-n2cnnn2)ncc1CC(=O)N1CCN2C[C@H](c3ccc(F)c(C#N)c3C)OC[C@H]2C1. The third-order valence-electron chi connectivity index (χ3n) is 6.89. The first-order valence-electron chi connectivity index (χ1n) is 11.5. The van der Waals surface area contributed by atoms with Crippen LogP contribution in [0.15, 0.2) is 30.7 Å². The molecule has 4 heterocycles. The number of aryl methyl sites for hydroxylation is 1. The molecule has 2 aliphatic rings. The minimum Gasteiger partial charge on any atom is -0.370 e. The molecule has 3 aromatic rings. The van der Waals surface area contributed by atoms with Crippen molar-refractivity contribution in [2.24, 2.45) is 0 Å². The van der Waals surface area contributed by atoms with Crippen molar-refractivity contribution in [1.82, 2.24) is 35.0 Å². The highest BCUT2D eigenvalue weighted by atomic mass is 19.1. The molecule has 0 aliphatic carbocycles. The molecule has 0 saturated carbocycles. The smallest absolute Gasteiger partial charge is 0.227 e. The van der Waals surface area contributed by atoms with Gasteiger partial charge in [0, 0.05) is 32.4 Å². The summed E-state index contributed by atoms with van der Waals surface area (Å²) in [6.45, 7) is 6.77. The molecule has 2 atom stereocenters. The Morgan fingerprint density at radius 2 is 2.14 bits per heavy atom. The molecule has 2 aromatic heterocycles. The number of pyridine rings is 1. The van der Waals surface area contributed by atoms with Crippen molar-refractivity contribution < 1.29 is 13.9 Å². The summed E-state index contributed by atoms with van der Waals surface area (Å²) < 4.78 is 21.5. The van der Waals surface area contributed by atoms with Crippen LogP contribution >= 0.6 is 0 Å². The van der Waals surface area contributed by atoms with Crippen LogP contribution in [-0.2, 0) is 16.0 Å². The fourth-order valence-corrected chi connectivity index (χ4v) is 4.80. The van der Waals surface area contributed by atoms with E-state index in [0.717, 1.165) is 23.2 Å². The number of ether oxygens (including phenoxy) is 1. The largest absolute Gasteiger partial charge is 0.370 e. The molecule has 0 N–H and O–H groups in total. The molecule has 2 fully saturated rings. The van der Waals surface area contributed by atoms with E-state index in [9.17, 15) is 14.4 Å². The number of aromatic nitrogens is 5. The predicted molar refractivity (Wildman–Crippen MR) is 122 cm³/mol. The molecular formula is C24H25FN8O2. The van der Waals surface area contributed by atoms with Gasteiger partial charge in [-0.15, -0.1) is 5.10 Å². The fraction of sp³-hybridized carbons (Fsp3) is 0.417. The van der Waals surface area contributed by atoms with E-state index in [1.807, 2.05) is 24.0 Å². The fourth-order valence-electron chi connectivity index (χ4n) is 4.80. The van der Waals surface area contributed by atoms with Crippen LogP contribution in [0.25, 0.3) is 5.82 Å². The van der Waals surface area contributed by atoms with Gasteiger partial charge in [-0.3, -0.25) is 9.69 Å². The minimum absolute atomic E-state index is 0.0555. The predicted octanol–water partition coefficient (Wildman–Crippen LogP) is 1.51. The summed E-state index contributed by atoms with van der Waals surface area (Å²) in [6, 6.07) is 6.95. The van der Waals surface area contributed by atoms with Gasteiger partial charge >= 0.3 is 0 Å². The zero-order valence-electron chi connectivity index (χ0n) is 19.6. The first-order valence-corrected chi connectivity index (χ1v) is 11.5. The quantitative estimate of drug-likeness (QED) is 0.557. The number of carbonyl (C=O) groups excluding carboxylic acids is 1. The Kier molecular flexibility index (Phi) is 6.23. The van der Waals surface area contributed by atoms with Crippen LogP contribution in [0.4, 0.5) is 4.39 Å². The maximum atomic E-state index is 13.9. The lowest BCUT2D eigenvalue weighted by Gasteiger charge is -2.46. The zero-order valence-corrected chi connectivity index (χ0v) is 19.6. The number of piperazine rings is 1. The number of halogens is 1. The van der Waals surface area contributed by atoms with E-state index in [1.54, 1.807) is 19.2 Å². The second-order valence-electron chi connectivity index (χ2n) is 8.96. The lowest BCUT2D eigenvalue weighted by molar-refractivity contribution is -0.139. The summed E-state index contributed by atoms with van der Waals surface area (Å²) in [5.74, 6) is 0.148. The number of morpholine rings is 1. The van der Waals surface area contributed by atoms with Crippen molar-refractivity contribution in [2.45, 2.75) is 32.4 Å². The van der Waals surface area contributed by atoms with Crippen molar-refractivity contribution in [3.63, 3.8) is 0 Å². The van der Waals surface area contributed by atoms with Gasteiger partial charge in [-0.2, -0.15) is 9.94 Å². The number of carbonyl (C=O) groups is 1. The molecular weight excluding hydrogens is 451 g/mol. The highest BCUT2D eigenvalue weighted by Gasteiger charge is 2.36. The normalized spacial score (nSPS) is 20.3. The molecule has 0 unspecified atom stereocenters. The Labute approximate surface area is 201 Å². The number of fused-ring (bicyclic) bond motifs is 1. The maximum Gasteiger partial charge on any atom is 0.227 e. The standard InChI is InChI=1S/C24H25FN8O2/c1-15-7-23(33-14-28-29-30-33)27-10-17(15)8-24(34)32-6-5-31-12-22(35-13-18(31)11-32)19-3-4-21(25)20(9-26)16(19)2/h3-4,7,10,14,18,22H,5-6,8,11-13H2,1-2H3/t18-,22-/m1/s1. The molecule has 5 rings (SSSR count). The van der Waals surface area contributed by atoms with Crippen molar-refractivity contribution >= 4 is 5.91 Å². The topological polar surface area (TPSA) is 113 Å². The van der Waals surface area contributed by atoms with Crippen molar-refractivity contribution in [1.29, 1.82) is 5.26 Å². The number of tetrazole rings is 1. The first-order chi connectivity index (χ1) is 16.9. The van der Waals surface area contributed by atoms with Crippen LogP contribution in [0.3, 0.4) is 0 Å². The van der Waals surface area contributed by atoms with Crippen LogP contribution in [0.5, 0.6) is 0 Å². The molecule has 10 nitrogen and oxygen atoms in total. The molecule has 1 amide bonds. The number of nitrogens with zero attached hydrogens (tertiary/aromatic N) is 8. The summed E-state index contributed by atoms with van der Waals surface area (Å²) in [5.41, 5.74) is 3.36. The molecule has 2 saturated heterocycles. The van der Waals surface area contributed by atoms with E-state index in [4.69, 9.17) is 4.74 Å². The van der Waals surface area contributed by atoms with Crippen LogP contribution < -0.4 is 0 Å². The van der Waals surface area contributed by atoms with Crippen LogP contribution in [0, 0.1) is 31.0 Å². The molecule has 11 heteroatoms.